The minimum atomic E-state index is -4.56. The number of aryl methyl sites for hydroxylation is 1. The first kappa shape index (κ1) is 15.5. The molecule has 3 rings (SSSR count). The van der Waals surface area contributed by atoms with Crippen LogP contribution in [0.2, 0.25) is 0 Å². The number of aromatic nitrogens is 5. The molecule has 23 heavy (non-hydrogen) atoms. The van der Waals surface area contributed by atoms with Crippen LogP contribution in [0.25, 0.3) is 0 Å². The summed E-state index contributed by atoms with van der Waals surface area (Å²) in [6.07, 6.45) is -2.87. The van der Waals surface area contributed by atoms with Gasteiger partial charge in [0.1, 0.15) is 5.69 Å². The van der Waals surface area contributed by atoms with Crippen molar-refractivity contribution in [2.45, 2.75) is 39.2 Å². The highest BCUT2D eigenvalue weighted by molar-refractivity contribution is 5.92. The van der Waals surface area contributed by atoms with Gasteiger partial charge in [-0.2, -0.15) is 18.3 Å². The quantitative estimate of drug-likeness (QED) is 0.842. The fourth-order valence-corrected chi connectivity index (χ4v) is 2.67. The number of carbonyl (C=O) groups is 1. The summed E-state index contributed by atoms with van der Waals surface area (Å²) >= 11 is 0. The van der Waals surface area contributed by atoms with Gasteiger partial charge < -0.3 is 9.47 Å². The maximum Gasteiger partial charge on any atom is 0.451 e. The average Bonchev–Trinajstić information content (AvgIpc) is 3.13. The highest BCUT2D eigenvalue weighted by atomic mass is 19.4. The number of amides is 1. The molecule has 1 unspecified atom stereocenters. The molecule has 2 aromatic heterocycles. The van der Waals surface area contributed by atoms with E-state index in [1.165, 1.54) is 4.90 Å². The van der Waals surface area contributed by atoms with Crippen molar-refractivity contribution in [3.8, 4) is 0 Å². The fourth-order valence-electron chi connectivity index (χ4n) is 2.67. The molecule has 7 nitrogen and oxygen atoms in total. The maximum atomic E-state index is 12.9. The summed E-state index contributed by atoms with van der Waals surface area (Å²) in [7, 11) is 0. The lowest BCUT2D eigenvalue weighted by atomic mass is 10.2. The van der Waals surface area contributed by atoms with Gasteiger partial charge in [-0.15, -0.1) is 10.2 Å². The van der Waals surface area contributed by atoms with E-state index in [0.717, 1.165) is 4.57 Å². The third kappa shape index (κ3) is 2.57. The van der Waals surface area contributed by atoms with Gasteiger partial charge >= 0.3 is 6.18 Å². The zero-order valence-corrected chi connectivity index (χ0v) is 12.6. The summed E-state index contributed by atoms with van der Waals surface area (Å²) < 4.78 is 41.3. The smallest absolute Gasteiger partial charge is 0.325 e. The first-order chi connectivity index (χ1) is 10.8. The Morgan fingerprint density at radius 2 is 2.09 bits per heavy atom. The molecule has 3 heterocycles. The van der Waals surface area contributed by atoms with Gasteiger partial charge in [-0.25, -0.2) is 0 Å². The van der Waals surface area contributed by atoms with Gasteiger partial charge in [-0.3, -0.25) is 9.48 Å². The molecular weight excluding hydrogens is 313 g/mol. The van der Waals surface area contributed by atoms with Crippen LogP contribution in [0.4, 0.5) is 13.2 Å². The van der Waals surface area contributed by atoms with E-state index in [2.05, 4.69) is 15.3 Å². The van der Waals surface area contributed by atoms with Crippen molar-refractivity contribution in [3.63, 3.8) is 0 Å². The predicted molar refractivity (Wildman–Crippen MR) is 72.4 cm³/mol. The zero-order chi connectivity index (χ0) is 16.8. The molecule has 1 aliphatic rings. The molecule has 0 aromatic carbocycles. The number of fused-ring (bicyclic) bond motifs is 1. The molecule has 0 radical (unpaired) electrons. The van der Waals surface area contributed by atoms with Gasteiger partial charge in [-0.1, -0.05) is 0 Å². The first-order valence-corrected chi connectivity index (χ1v) is 7.17. The van der Waals surface area contributed by atoms with Gasteiger partial charge in [0.25, 0.3) is 5.91 Å². The second-order valence-electron chi connectivity index (χ2n) is 5.26. The Morgan fingerprint density at radius 3 is 2.70 bits per heavy atom. The SMILES string of the molecule is CCn1ccc(C(=O)N2CCn3c(nnc3C(F)(F)F)C2C)n1. The Kier molecular flexibility index (Phi) is 3.61. The van der Waals surface area contributed by atoms with Gasteiger partial charge in [0.15, 0.2) is 5.82 Å². The van der Waals surface area contributed by atoms with Crippen LogP contribution in [0.3, 0.4) is 0 Å². The standard InChI is InChI=1S/C13H15F3N6O/c1-3-20-5-4-9(19-20)11(23)21-6-7-22-10(8(21)2)17-18-12(22)13(14,15)16/h4-5,8H,3,6-7H2,1-2H3. The van der Waals surface area contributed by atoms with E-state index in [1.54, 1.807) is 23.9 Å². The molecule has 124 valence electrons. The Morgan fingerprint density at radius 1 is 1.35 bits per heavy atom. The van der Waals surface area contributed by atoms with Crippen molar-refractivity contribution < 1.29 is 18.0 Å². The molecule has 1 atom stereocenters. The fraction of sp³-hybridized carbons (Fsp3) is 0.538. The largest absolute Gasteiger partial charge is 0.451 e. The van der Waals surface area contributed by atoms with Crippen molar-refractivity contribution in [2.75, 3.05) is 6.54 Å². The molecule has 0 N–H and O–H groups in total. The molecule has 0 saturated heterocycles. The molecule has 1 amide bonds. The van der Waals surface area contributed by atoms with Crippen molar-refractivity contribution in [3.05, 3.63) is 29.6 Å². The monoisotopic (exact) mass is 328 g/mol. The number of rotatable bonds is 2. The molecule has 10 heteroatoms. The van der Waals surface area contributed by atoms with Crippen LogP contribution >= 0.6 is 0 Å². The number of nitrogens with zero attached hydrogens (tertiary/aromatic N) is 6. The molecule has 0 saturated carbocycles. The predicted octanol–water partition coefficient (Wildman–Crippen LogP) is 1.73. The van der Waals surface area contributed by atoms with Crippen LogP contribution in [0, 0.1) is 0 Å². The third-order valence-corrected chi connectivity index (χ3v) is 3.88. The molecule has 0 spiro atoms. The maximum absolute atomic E-state index is 12.9. The van der Waals surface area contributed by atoms with Gasteiger partial charge in [0.05, 0.1) is 6.04 Å². The van der Waals surface area contributed by atoms with Crippen LogP contribution in [0.1, 0.15) is 42.0 Å². The van der Waals surface area contributed by atoms with Gasteiger partial charge in [-0.05, 0) is 19.9 Å². The summed E-state index contributed by atoms with van der Waals surface area (Å²) in [5.41, 5.74) is 0.266. The Labute approximate surface area is 129 Å². The lowest BCUT2D eigenvalue weighted by molar-refractivity contribution is -0.148. The Balaban J connectivity index is 1.88. The number of halogens is 3. The summed E-state index contributed by atoms with van der Waals surface area (Å²) in [6.45, 7) is 4.31. The van der Waals surface area contributed by atoms with Crippen molar-refractivity contribution in [1.82, 2.24) is 29.4 Å². The van der Waals surface area contributed by atoms with Crippen LogP contribution in [-0.4, -0.2) is 41.9 Å². The van der Waals surface area contributed by atoms with E-state index in [-0.39, 0.29) is 30.5 Å². The molecular formula is C13H15F3N6O. The number of alkyl halides is 3. The van der Waals surface area contributed by atoms with E-state index in [1.807, 2.05) is 6.92 Å². The molecule has 2 aromatic rings. The molecule has 0 fully saturated rings. The van der Waals surface area contributed by atoms with E-state index < -0.39 is 18.0 Å². The molecule has 1 aliphatic heterocycles. The van der Waals surface area contributed by atoms with Crippen molar-refractivity contribution in [1.29, 1.82) is 0 Å². The lowest BCUT2D eigenvalue weighted by Crippen LogP contribution is -2.42. The number of hydrogen-bond acceptors (Lipinski definition) is 4. The topological polar surface area (TPSA) is 68.8 Å². The zero-order valence-electron chi connectivity index (χ0n) is 12.6. The minimum absolute atomic E-state index is 0.00173. The first-order valence-electron chi connectivity index (χ1n) is 7.17. The highest BCUT2D eigenvalue weighted by Gasteiger charge is 2.42. The Bertz CT molecular complexity index is 734. The highest BCUT2D eigenvalue weighted by Crippen LogP contribution is 2.32. The molecule has 0 aliphatic carbocycles. The molecule has 0 bridgehead atoms. The van der Waals surface area contributed by atoms with E-state index in [4.69, 9.17) is 0 Å². The van der Waals surface area contributed by atoms with Gasteiger partial charge in [0, 0.05) is 25.8 Å². The van der Waals surface area contributed by atoms with Crippen LogP contribution in [0.5, 0.6) is 0 Å². The van der Waals surface area contributed by atoms with E-state index in [9.17, 15) is 18.0 Å². The van der Waals surface area contributed by atoms with Crippen LogP contribution in [0.15, 0.2) is 12.3 Å². The average molecular weight is 328 g/mol. The number of carbonyl (C=O) groups excluding carboxylic acids is 1. The number of hydrogen-bond donors (Lipinski definition) is 0. The Hall–Kier alpha value is -2.39. The van der Waals surface area contributed by atoms with Crippen LogP contribution in [-0.2, 0) is 19.3 Å². The summed E-state index contributed by atoms with van der Waals surface area (Å²) in [4.78, 5) is 14.0. The van der Waals surface area contributed by atoms with E-state index >= 15 is 0 Å². The van der Waals surface area contributed by atoms with Crippen molar-refractivity contribution in [2.24, 2.45) is 0 Å². The summed E-state index contributed by atoms with van der Waals surface area (Å²) in [6, 6.07) is 0.991. The summed E-state index contributed by atoms with van der Waals surface area (Å²) in [5, 5.41) is 11.0. The minimum Gasteiger partial charge on any atom is -0.325 e. The summed E-state index contributed by atoms with van der Waals surface area (Å²) in [5.74, 6) is -1.22. The normalized spacial score (nSPS) is 18.1. The van der Waals surface area contributed by atoms with Crippen molar-refractivity contribution >= 4 is 5.91 Å². The van der Waals surface area contributed by atoms with E-state index in [0.29, 0.717) is 6.54 Å². The van der Waals surface area contributed by atoms with Gasteiger partial charge in [0.2, 0.25) is 5.82 Å². The lowest BCUT2D eigenvalue weighted by Gasteiger charge is -2.33. The van der Waals surface area contributed by atoms with Crippen LogP contribution < -0.4 is 0 Å². The second kappa shape index (κ2) is 5.36. The third-order valence-electron chi connectivity index (χ3n) is 3.88. The second-order valence-corrected chi connectivity index (χ2v) is 5.26.